The molecule has 1 N–H and O–H groups in total. The van der Waals surface area contributed by atoms with Gasteiger partial charge in [0.15, 0.2) is 0 Å². The number of ether oxygens (including phenoxy) is 1. The van der Waals surface area contributed by atoms with Crippen molar-refractivity contribution in [2.24, 2.45) is 0 Å². The predicted molar refractivity (Wildman–Crippen MR) is 124 cm³/mol. The van der Waals surface area contributed by atoms with E-state index in [0.717, 1.165) is 11.1 Å². The monoisotopic (exact) mass is 447 g/mol. The molecule has 6 nitrogen and oxygen atoms in total. The lowest BCUT2D eigenvalue weighted by Crippen LogP contribution is -2.32. The van der Waals surface area contributed by atoms with E-state index in [4.69, 9.17) is 16.3 Å². The van der Waals surface area contributed by atoms with E-state index < -0.39 is 5.91 Å². The molecule has 0 atom stereocenters. The zero-order chi connectivity index (χ0) is 22.8. The number of rotatable bonds is 6. The fourth-order valence-corrected chi connectivity index (χ4v) is 3.80. The third-order valence-corrected chi connectivity index (χ3v) is 5.73. The topological polar surface area (TPSA) is 71.5 Å². The molecule has 0 spiro atoms. The van der Waals surface area contributed by atoms with Crippen molar-refractivity contribution in [3.63, 3.8) is 0 Å². The second-order valence-electron chi connectivity index (χ2n) is 7.54. The van der Waals surface area contributed by atoms with Crippen LogP contribution in [-0.4, -0.2) is 28.8 Å². The molecular formula is C25H22ClN3O3. The van der Waals surface area contributed by atoms with E-state index in [1.54, 1.807) is 36.5 Å². The molecule has 2 amide bonds. The fraction of sp³-hybridized carbons (Fsp3) is 0.160. The minimum atomic E-state index is -0.416. The summed E-state index contributed by atoms with van der Waals surface area (Å²) in [5.74, 6) is -0.266. The Kier molecular flexibility index (Phi) is 5.97. The van der Waals surface area contributed by atoms with Gasteiger partial charge in [-0.05, 0) is 60.9 Å². The highest BCUT2D eigenvalue weighted by atomic mass is 35.5. The van der Waals surface area contributed by atoms with Crippen LogP contribution in [0.4, 0.5) is 5.69 Å². The number of carbonyl (C=O) groups is 2. The molecule has 2 aromatic carbocycles. The number of amides is 2. The molecular weight excluding hydrogens is 426 g/mol. The number of methoxy groups -OCH3 is 1. The molecule has 1 aliphatic rings. The lowest BCUT2D eigenvalue weighted by Gasteiger charge is -2.15. The third-order valence-electron chi connectivity index (χ3n) is 5.43. The molecule has 0 fully saturated rings. The number of aryl methyl sites for hydroxylation is 2. The molecule has 162 valence electrons. The molecule has 0 saturated carbocycles. The van der Waals surface area contributed by atoms with Gasteiger partial charge in [-0.3, -0.25) is 19.5 Å². The van der Waals surface area contributed by atoms with Crippen molar-refractivity contribution < 1.29 is 14.3 Å². The second kappa shape index (κ2) is 8.85. The van der Waals surface area contributed by atoms with Gasteiger partial charge in [0, 0.05) is 11.9 Å². The highest BCUT2D eigenvalue weighted by molar-refractivity contribution is 6.36. The molecule has 1 aliphatic heterocycles. The first-order chi connectivity index (χ1) is 15.4. The minimum absolute atomic E-state index is 0.0847. The zero-order valence-corrected chi connectivity index (χ0v) is 18.7. The zero-order valence-electron chi connectivity index (χ0n) is 18.0. The summed E-state index contributed by atoms with van der Waals surface area (Å²) in [7, 11) is 1.53. The van der Waals surface area contributed by atoms with E-state index in [2.05, 4.69) is 10.3 Å². The van der Waals surface area contributed by atoms with E-state index in [1.165, 1.54) is 12.0 Å². The van der Waals surface area contributed by atoms with Crippen LogP contribution in [0.5, 0.6) is 5.75 Å². The predicted octanol–water partition coefficient (Wildman–Crippen LogP) is 4.75. The van der Waals surface area contributed by atoms with Crippen molar-refractivity contribution in [1.29, 1.82) is 0 Å². The van der Waals surface area contributed by atoms with Crippen molar-refractivity contribution in [2.75, 3.05) is 12.4 Å². The highest BCUT2D eigenvalue weighted by Gasteiger charge is 2.39. The Morgan fingerprint density at radius 2 is 1.81 bits per heavy atom. The maximum absolute atomic E-state index is 13.4. The van der Waals surface area contributed by atoms with Gasteiger partial charge in [-0.1, -0.05) is 35.9 Å². The van der Waals surface area contributed by atoms with Crippen molar-refractivity contribution >= 4 is 34.7 Å². The molecule has 0 unspecified atom stereocenters. The molecule has 1 aromatic heterocycles. The van der Waals surface area contributed by atoms with Gasteiger partial charge < -0.3 is 10.1 Å². The van der Waals surface area contributed by atoms with Crippen molar-refractivity contribution in [3.05, 3.63) is 93.9 Å². The van der Waals surface area contributed by atoms with Crippen LogP contribution in [0.3, 0.4) is 0 Å². The lowest BCUT2D eigenvalue weighted by atomic mass is 9.99. The maximum Gasteiger partial charge on any atom is 0.278 e. The first kappa shape index (κ1) is 21.6. The Hall–Kier alpha value is -3.64. The molecule has 0 bridgehead atoms. The van der Waals surface area contributed by atoms with Crippen LogP contribution in [0, 0.1) is 13.8 Å². The van der Waals surface area contributed by atoms with Gasteiger partial charge in [-0.25, -0.2) is 0 Å². The summed E-state index contributed by atoms with van der Waals surface area (Å²) in [4.78, 5) is 32.3. The summed E-state index contributed by atoms with van der Waals surface area (Å²) in [5, 5.41) is 3.52. The van der Waals surface area contributed by atoms with Gasteiger partial charge in [0.05, 0.1) is 29.9 Å². The third kappa shape index (κ3) is 4.09. The normalized spacial score (nSPS) is 13.7. The van der Waals surface area contributed by atoms with Crippen LogP contribution in [0.15, 0.2) is 66.5 Å². The van der Waals surface area contributed by atoms with Crippen molar-refractivity contribution in [2.45, 2.75) is 20.4 Å². The largest absolute Gasteiger partial charge is 0.495 e. The van der Waals surface area contributed by atoms with Crippen LogP contribution in [0.25, 0.3) is 5.57 Å². The standard InChI is InChI=1S/C25H22ClN3O3/c1-15-7-8-17(12-16(15)2)22-23(28-18-9-10-21(32-3)20(26)13-18)25(31)29(24(22)30)14-19-6-4-5-11-27-19/h4-13,28H,14H2,1-3H3. The Balaban J connectivity index is 1.77. The number of imide groups is 1. The number of pyridine rings is 1. The summed E-state index contributed by atoms with van der Waals surface area (Å²) in [6.45, 7) is 4.06. The number of carbonyl (C=O) groups excluding carboxylic acids is 2. The Labute approximate surface area is 191 Å². The number of hydrogen-bond donors (Lipinski definition) is 1. The van der Waals surface area contributed by atoms with E-state index in [9.17, 15) is 9.59 Å². The van der Waals surface area contributed by atoms with Gasteiger partial charge in [0.2, 0.25) is 0 Å². The number of nitrogens with zero attached hydrogens (tertiary/aromatic N) is 2. The minimum Gasteiger partial charge on any atom is -0.495 e. The first-order valence-electron chi connectivity index (χ1n) is 10.1. The number of hydrogen-bond acceptors (Lipinski definition) is 5. The van der Waals surface area contributed by atoms with E-state index >= 15 is 0 Å². The summed E-state index contributed by atoms with van der Waals surface area (Å²) in [6, 6.07) is 16.2. The van der Waals surface area contributed by atoms with E-state index in [1.807, 2.05) is 38.1 Å². The van der Waals surface area contributed by atoms with Crippen molar-refractivity contribution in [3.8, 4) is 5.75 Å². The molecule has 4 rings (SSSR count). The first-order valence-corrected chi connectivity index (χ1v) is 10.5. The Morgan fingerprint density at radius 3 is 2.47 bits per heavy atom. The molecule has 0 aliphatic carbocycles. The molecule has 32 heavy (non-hydrogen) atoms. The van der Waals surface area contributed by atoms with Crippen LogP contribution in [0.1, 0.15) is 22.4 Å². The number of halogens is 1. The highest BCUT2D eigenvalue weighted by Crippen LogP contribution is 2.34. The van der Waals surface area contributed by atoms with E-state index in [0.29, 0.717) is 33.3 Å². The van der Waals surface area contributed by atoms with Crippen LogP contribution in [-0.2, 0) is 16.1 Å². The number of nitrogens with one attached hydrogen (secondary N) is 1. The summed E-state index contributed by atoms with van der Waals surface area (Å²) in [5.41, 5.74) is 4.54. The van der Waals surface area contributed by atoms with Gasteiger partial charge in [0.25, 0.3) is 11.8 Å². The number of aromatic nitrogens is 1. The lowest BCUT2D eigenvalue weighted by molar-refractivity contribution is -0.137. The molecule has 0 radical (unpaired) electrons. The average Bonchev–Trinajstić information content (AvgIpc) is 3.01. The number of benzene rings is 2. The number of anilines is 1. The second-order valence-corrected chi connectivity index (χ2v) is 7.95. The molecule has 7 heteroatoms. The Bertz CT molecular complexity index is 1240. The maximum atomic E-state index is 13.4. The molecule has 3 aromatic rings. The van der Waals surface area contributed by atoms with E-state index in [-0.39, 0.29) is 18.1 Å². The quantitative estimate of drug-likeness (QED) is 0.552. The summed E-state index contributed by atoms with van der Waals surface area (Å²) >= 11 is 6.26. The summed E-state index contributed by atoms with van der Waals surface area (Å²) in [6.07, 6.45) is 1.64. The van der Waals surface area contributed by atoms with Crippen LogP contribution < -0.4 is 10.1 Å². The van der Waals surface area contributed by atoms with Crippen LogP contribution in [0.2, 0.25) is 5.02 Å². The Morgan fingerprint density at radius 1 is 1.00 bits per heavy atom. The van der Waals surface area contributed by atoms with Crippen molar-refractivity contribution in [1.82, 2.24) is 9.88 Å². The van der Waals surface area contributed by atoms with Crippen LogP contribution >= 0.6 is 11.6 Å². The van der Waals surface area contributed by atoms with Gasteiger partial charge >= 0.3 is 0 Å². The van der Waals surface area contributed by atoms with Gasteiger partial charge in [-0.2, -0.15) is 0 Å². The SMILES string of the molecule is COc1ccc(NC2=C(c3ccc(C)c(C)c3)C(=O)N(Cc3ccccn3)C2=O)cc1Cl. The van der Waals surface area contributed by atoms with Gasteiger partial charge in [-0.15, -0.1) is 0 Å². The molecule has 2 heterocycles. The summed E-state index contributed by atoms with van der Waals surface area (Å²) < 4.78 is 5.20. The smallest absolute Gasteiger partial charge is 0.278 e. The average molecular weight is 448 g/mol. The fourth-order valence-electron chi connectivity index (χ4n) is 3.54. The van der Waals surface area contributed by atoms with Gasteiger partial charge in [0.1, 0.15) is 11.4 Å². The molecule has 0 saturated heterocycles.